The number of rotatable bonds is 3. The van der Waals surface area contributed by atoms with Gasteiger partial charge in [-0.25, -0.2) is 9.78 Å². The van der Waals surface area contributed by atoms with Gasteiger partial charge in [-0.05, 0) is 39.0 Å². The molecule has 94 valence electrons. The van der Waals surface area contributed by atoms with Crippen LogP contribution in [0.15, 0.2) is 18.2 Å². The van der Waals surface area contributed by atoms with Gasteiger partial charge in [-0.3, -0.25) is 4.79 Å². The Hall–Kier alpha value is -2.17. The zero-order valence-electron chi connectivity index (χ0n) is 10.5. The Morgan fingerprint density at radius 2 is 2.06 bits per heavy atom. The van der Waals surface area contributed by atoms with Crippen LogP contribution in [0.4, 0.5) is 0 Å². The molecule has 0 radical (unpaired) electrons. The molecule has 1 N–H and O–H groups in total. The van der Waals surface area contributed by atoms with Gasteiger partial charge in [0.25, 0.3) is 0 Å². The van der Waals surface area contributed by atoms with Gasteiger partial charge in [0.05, 0.1) is 11.0 Å². The van der Waals surface area contributed by atoms with E-state index in [1.165, 1.54) is 6.92 Å². The lowest BCUT2D eigenvalue weighted by atomic mass is 10.1. The number of aromatic nitrogens is 2. The number of imidazole rings is 1. The van der Waals surface area contributed by atoms with Gasteiger partial charge in [-0.1, -0.05) is 0 Å². The first-order valence-electron chi connectivity index (χ1n) is 5.64. The molecule has 5 nitrogen and oxygen atoms in total. The molecule has 2 rings (SSSR count). The van der Waals surface area contributed by atoms with E-state index in [1.54, 1.807) is 36.6 Å². The Morgan fingerprint density at radius 3 is 2.61 bits per heavy atom. The number of Topliss-reactive ketones (excluding diaryl/α,β-unsaturated/α-hetero) is 1. The molecular weight excluding hydrogens is 232 g/mol. The van der Waals surface area contributed by atoms with E-state index in [4.69, 9.17) is 5.11 Å². The second-order valence-electron chi connectivity index (χ2n) is 4.30. The van der Waals surface area contributed by atoms with Crippen molar-refractivity contribution in [3.05, 3.63) is 29.6 Å². The van der Waals surface area contributed by atoms with Gasteiger partial charge in [0, 0.05) is 5.56 Å². The Kier molecular flexibility index (Phi) is 2.90. The molecule has 1 atom stereocenters. The zero-order chi connectivity index (χ0) is 13.4. The number of aryl methyl sites for hydroxylation is 1. The Balaban J connectivity index is 2.66. The van der Waals surface area contributed by atoms with E-state index in [1.807, 2.05) is 0 Å². The molecule has 0 aliphatic heterocycles. The molecule has 2 aromatic rings. The van der Waals surface area contributed by atoms with Gasteiger partial charge < -0.3 is 9.67 Å². The molecule has 1 heterocycles. The summed E-state index contributed by atoms with van der Waals surface area (Å²) in [5.74, 6) is -0.316. The third-order valence-electron chi connectivity index (χ3n) is 3.02. The molecule has 1 aromatic heterocycles. The highest BCUT2D eigenvalue weighted by Gasteiger charge is 2.19. The van der Waals surface area contributed by atoms with Crippen molar-refractivity contribution >= 4 is 22.8 Å². The fraction of sp³-hybridized carbons (Fsp3) is 0.308. The van der Waals surface area contributed by atoms with Gasteiger partial charge in [-0.2, -0.15) is 0 Å². The van der Waals surface area contributed by atoms with Crippen LogP contribution in [0.5, 0.6) is 0 Å². The first kappa shape index (κ1) is 12.3. The molecule has 5 heteroatoms. The van der Waals surface area contributed by atoms with Crippen molar-refractivity contribution < 1.29 is 14.7 Å². The molecule has 1 unspecified atom stereocenters. The molecule has 0 saturated carbocycles. The van der Waals surface area contributed by atoms with E-state index in [0.717, 1.165) is 5.52 Å². The van der Waals surface area contributed by atoms with Crippen LogP contribution in [0.2, 0.25) is 0 Å². The van der Waals surface area contributed by atoms with Crippen LogP contribution < -0.4 is 0 Å². The molecule has 0 bridgehead atoms. The third kappa shape index (κ3) is 1.88. The van der Waals surface area contributed by atoms with Crippen LogP contribution in [0, 0.1) is 6.92 Å². The predicted octanol–water partition coefficient (Wildman–Crippen LogP) is 2.19. The van der Waals surface area contributed by atoms with Crippen molar-refractivity contribution in [1.82, 2.24) is 9.55 Å². The number of carbonyl (C=O) groups excluding carboxylic acids is 1. The van der Waals surface area contributed by atoms with Crippen molar-refractivity contribution in [2.24, 2.45) is 0 Å². The van der Waals surface area contributed by atoms with E-state index in [-0.39, 0.29) is 5.78 Å². The highest BCUT2D eigenvalue weighted by Crippen LogP contribution is 2.22. The first-order valence-corrected chi connectivity index (χ1v) is 5.64. The summed E-state index contributed by atoms with van der Waals surface area (Å²) < 4.78 is 1.65. The molecular formula is C13H14N2O3. The molecule has 18 heavy (non-hydrogen) atoms. The Labute approximate surface area is 104 Å². The molecule has 0 aliphatic rings. The van der Waals surface area contributed by atoms with Gasteiger partial charge in [0.2, 0.25) is 0 Å². The van der Waals surface area contributed by atoms with E-state index in [9.17, 15) is 9.59 Å². The van der Waals surface area contributed by atoms with E-state index < -0.39 is 12.0 Å². The van der Waals surface area contributed by atoms with Gasteiger partial charge in [0.1, 0.15) is 11.9 Å². The largest absolute Gasteiger partial charge is 0.480 e. The fourth-order valence-corrected chi connectivity index (χ4v) is 2.04. The van der Waals surface area contributed by atoms with Crippen LogP contribution in [0.25, 0.3) is 11.0 Å². The lowest BCUT2D eigenvalue weighted by Gasteiger charge is -2.11. The number of carbonyl (C=O) groups is 2. The lowest BCUT2D eigenvalue weighted by molar-refractivity contribution is -0.140. The number of carboxylic acids is 1. The van der Waals surface area contributed by atoms with Crippen LogP contribution >= 0.6 is 0 Å². The summed E-state index contributed by atoms with van der Waals surface area (Å²) in [6.45, 7) is 4.85. The first-order chi connectivity index (χ1) is 8.41. The van der Waals surface area contributed by atoms with E-state index in [2.05, 4.69) is 4.98 Å². The standard InChI is InChI=1S/C13H14N2O3/c1-7(13(17)18)15-9(3)14-11-6-10(8(2)16)4-5-12(11)15/h4-7H,1-3H3,(H,17,18). The summed E-state index contributed by atoms with van der Waals surface area (Å²) in [6.07, 6.45) is 0. The molecule has 0 saturated heterocycles. The van der Waals surface area contributed by atoms with Gasteiger partial charge in [0.15, 0.2) is 5.78 Å². The quantitative estimate of drug-likeness (QED) is 0.842. The Morgan fingerprint density at radius 1 is 1.39 bits per heavy atom. The normalized spacial score (nSPS) is 12.6. The summed E-state index contributed by atoms with van der Waals surface area (Å²) in [5, 5.41) is 9.08. The van der Waals surface area contributed by atoms with Crippen LogP contribution in [-0.2, 0) is 4.79 Å². The topological polar surface area (TPSA) is 72.2 Å². The monoisotopic (exact) mass is 246 g/mol. The number of benzene rings is 1. The maximum Gasteiger partial charge on any atom is 0.326 e. The third-order valence-corrected chi connectivity index (χ3v) is 3.02. The van der Waals surface area contributed by atoms with Gasteiger partial charge in [-0.15, -0.1) is 0 Å². The smallest absolute Gasteiger partial charge is 0.326 e. The number of hydrogen-bond acceptors (Lipinski definition) is 3. The zero-order valence-corrected chi connectivity index (χ0v) is 10.5. The SMILES string of the molecule is CC(=O)c1ccc2c(c1)nc(C)n2C(C)C(=O)O. The Bertz CT molecular complexity index is 643. The van der Waals surface area contributed by atoms with Crippen LogP contribution in [0.1, 0.15) is 36.1 Å². The van der Waals surface area contributed by atoms with Crippen molar-refractivity contribution in [2.75, 3.05) is 0 Å². The number of aliphatic carboxylic acids is 1. The summed E-state index contributed by atoms with van der Waals surface area (Å²) in [5.41, 5.74) is 1.95. The number of fused-ring (bicyclic) bond motifs is 1. The summed E-state index contributed by atoms with van der Waals surface area (Å²) in [4.78, 5) is 26.7. The maximum atomic E-state index is 11.3. The minimum Gasteiger partial charge on any atom is -0.480 e. The highest BCUT2D eigenvalue weighted by molar-refractivity contribution is 5.97. The average molecular weight is 246 g/mol. The van der Waals surface area contributed by atoms with Crippen LogP contribution in [-0.4, -0.2) is 26.4 Å². The average Bonchev–Trinajstić information content (AvgIpc) is 2.62. The molecule has 0 amide bonds. The number of ketones is 1. The minimum atomic E-state index is -0.909. The summed E-state index contributed by atoms with van der Waals surface area (Å²) in [6, 6.07) is 4.44. The van der Waals surface area contributed by atoms with Crippen molar-refractivity contribution in [2.45, 2.75) is 26.8 Å². The molecule has 0 spiro atoms. The summed E-state index contributed by atoms with van der Waals surface area (Å²) >= 11 is 0. The fourth-order valence-electron chi connectivity index (χ4n) is 2.04. The minimum absolute atomic E-state index is 0.0320. The number of hydrogen-bond donors (Lipinski definition) is 1. The maximum absolute atomic E-state index is 11.3. The highest BCUT2D eigenvalue weighted by atomic mass is 16.4. The van der Waals surface area contributed by atoms with E-state index >= 15 is 0 Å². The second-order valence-corrected chi connectivity index (χ2v) is 4.30. The second kappa shape index (κ2) is 4.25. The number of nitrogens with zero attached hydrogens (tertiary/aromatic N) is 2. The van der Waals surface area contributed by atoms with E-state index in [0.29, 0.717) is 16.9 Å². The molecule has 0 fully saturated rings. The van der Waals surface area contributed by atoms with Crippen LogP contribution in [0.3, 0.4) is 0 Å². The molecule has 1 aromatic carbocycles. The number of carboxylic acid groups (broad SMARTS) is 1. The van der Waals surface area contributed by atoms with Crippen molar-refractivity contribution in [3.8, 4) is 0 Å². The van der Waals surface area contributed by atoms with Crippen molar-refractivity contribution in [3.63, 3.8) is 0 Å². The van der Waals surface area contributed by atoms with Crippen molar-refractivity contribution in [1.29, 1.82) is 0 Å². The predicted molar refractivity (Wildman–Crippen MR) is 66.8 cm³/mol. The summed E-state index contributed by atoms with van der Waals surface area (Å²) in [7, 11) is 0. The molecule has 0 aliphatic carbocycles. The lowest BCUT2D eigenvalue weighted by Crippen LogP contribution is -2.16. The van der Waals surface area contributed by atoms with Gasteiger partial charge >= 0.3 is 5.97 Å².